The van der Waals surface area contributed by atoms with Gasteiger partial charge in [-0.1, -0.05) is 23.2 Å². The summed E-state index contributed by atoms with van der Waals surface area (Å²) in [6, 6.07) is 10.8. The van der Waals surface area contributed by atoms with Crippen LogP contribution in [0.2, 0.25) is 10.0 Å². The fourth-order valence-corrected chi connectivity index (χ4v) is 3.91. The molecule has 2 aromatic carbocycles. The van der Waals surface area contributed by atoms with E-state index in [1.165, 1.54) is 36.7 Å². The molecule has 0 saturated heterocycles. The van der Waals surface area contributed by atoms with Crippen molar-refractivity contribution in [3.63, 3.8) is 0 Å². The number of benzene rings is 2. The standard InChI is InChI=1S/C19H14Cl2FN3O3S/c20-13-1-3-15(16(21)9-13)19(26)25-18-4-2-14(10-17(18)22)29(27,28)24-11-12-5-7-23-8-6-12/h1-10,24H,11H2,(H,25,26). The number of sulfonamides is 1. The predicted molar refractivity (Wildman–Crippen MR) is 109 cm³/mol. The van der Waals surface area contributed by atoms with Crippen LogP contribution in [0.4, 0.5) is 10.1 Å². The monoisotopic (exact) mass is 453 g/mol. The van der Waals surface area contributed by atoms with Gasteiger partial charge in [0.1, 0.15) is 5.82 Å². The van der Waals surface area contributed by atoms with Crippen molar-refractivity contribution in [3.05, 3.63) is 87.9 Å². The lowest BCUT2D eigenvalue weighted by Crippen LogP contribution is -2.23. The molecule has 0 aliphatic heterocycles. The number of aromatic nitrogens is 1. The SMILES string of the molecule is O=C(Nc1ccc(S(=O)(=O)NCc2ccncc2)cc1F)c1ccc(Cl)cc1Cl. The lowest BCUT2D eigenvalue weighted by molar-refractivity contribution is 0.102. The first kappa shape index (κ1) is 21.2. The summed E-state index contributed by atoms with van der Waals surface area (Å²) in [5, 5.41) is 2.82. The molecule has 1 amide bonds. The zero-order valence-electron chi connectivity index (χ0n) is 14.7. The quantitative estimate of drug-likeness (QED) is 0.583. The summed E-state index contributed by atoms with van der Waals surface area (Å²) in [7, 11) is -3.95. The molecule has 0 fully saturated rings. The molecule has 0 atom stereocenters. The summed E-state index contributed by atoms with van der Waals surface area (Å²) in [6.45, 7) is 0.0278. The normalized spacial score (nSPS) is 11.3. The highest BCUT2D eigenvalue weighted by atomic mass is 35.5. The maximum atomic E-state index is 14.4. The van der Waals surface area contributed by atoms with Crippen molar-refractivity contribution in [2.45, 2.75) is 11.4 Å². The molecule has 0 spiro atoms. The molecule has 0 bridgehead atoms. The van der Waals surface area contributed by atoms with Crippen molar-refractivity contribution in [2.75, 3.05) is 5.32 Å². The van der Waals surface area contributed by atoms with Gasteiger partial charge in [0.05, 0.1) is 21.2 Å². The van der Waals surface area contributed by atoms with Crippen LogP contribution < -0.4 is 10.0 Å². The van der Waals surface area contributed by atoms with Gasteiger partial charge in [0, 0.05) is 24.0 Å². The van der Waals surface area contributed by atoms with E-state index < -0.39 is 21.7 Å². The number of carbonyl (C=O) groups is 1. The van der Waals surface area contributed by atoms with Crippen LogP contribution in [-0.2, 0) is 16.6 Å². The number of halogens is 3. The smallest absolute Gasteiger partial charge is 0.257 e. The van der Waals surface area contributed by atoms with Crippen molar-refractivity contribution in [2.24, 2.45) is 0 Å². The van der Waals surface area contributed by atoms with Gasteiger partial charge in [0.15, 0.2) is 0 Å². The van der Waals surface area contributed by atoms with Crippen LogP contribution in [0.15, 0.2) is 65.8 Å². The van der Waals surface area contributed by atoms with Crippen LogP contribution >= 0.6 is 23.2 Å². The molecule has 2 N–H and O–H groups in total. The lowest BCUT2D eigenvalue weighted by Gasteiger charge is -2.11. The molecular weight excluding hydrogens is 440 g/mol. The topological polar surface area (TPSA) is 88.2 Å². The minimum absolute atomic E-state index is 0.0278. The van der Waals surface area contributed by atoms with Crippen LogP contribution in [0, 0.1) is 5.82 Å². The van der Waals surface area contributed by atoms with Gasteiger partial charge in [-0.2, -0.15) is 0 Å². The van der Waals surface area contributed by atoms with Gasteiger partial charge in [-0.15, -0.1) is 0 Å². The minimum Gasteiger partial charge on any atom is -0.319 e. The summed E-state index contributed by atoms with van der Waals surface area (Å²) >= 11 is 11.8. The van der Waals surface area contributed by atoms with Gasteiger partial charge < -0.3 is 5.32 Å². The maximum Gasteiger partial charge on any atom is 0.257 e. The van der Waals surface area contributed by atoms with E-state index in [1.807, 2.05) is 0 Å². The number of amides is 1. The Kier molecular flexibility index (Phi) is 6.49. The van der Waals surface area contributed by atoms with Crippen molar-refractivity contribution >= 4 is 44.8 Å². The number of carbonyl (C=O) groups excluding carboxylic acids is 1. The summed E-state index contributed by atoms with van der Waals surface area (Å²) in [6.07, 6.45) is 3.07. The van der Waals surface area contributed by atoms with E-state index in [0.717, 1.165) is 12.1 Å². The Labute approximate surface area is 176 Å². The summed E-state index contributed by atoms with van der Waals surface area (Å²) in [5.41, 5.74) is 0.619. The van der Waals surface area contributed by atoms with Crippen molar-refractivity contribution < 1.29 is 17.6 Å². The molecule has 0 aliphatic carbocycles. The first-order valence-electron chi connectivity index (χ1n) is 8.21. The zero-order chi connectivity index (χ0) is 21.0. The summed E-state index contributed by atoms with van der Waals surface area (Å²) in [5.74, 6) is -1.56. The van der Waals surface area contributed by atoms with Gasteiger partial charge in [0.25, 0.3) is 5.91 Å². The molecule has 0 unspecified atom stereocenters. The Bertz CT molecular complexity index is 1160. The molecule has 6 nitrogen and oxygen atoms in total. The van der Waals surface area contributed by atoms with E-state index in [0.29, 0.717) is 10.6 Å². The number of rotatable bonds is 6. The Morgan fingerprint density at radius 1 is 1.03 bits per heavy atom. The molecule has 10 heteroatoms. The minimum atomic E-state index is -3.95. The Hall–Kier alpha value is -2.52. The average molecular weight is 454 g/mol. The number of anilines is 1. The van der Waals surface area contributed by atoms with Crippen molar-refractivity contribution in [1.82, 2.24) is 9.71 Å². The predicted octanol–water partition coefficient (Wildman–Crippen LogP) is 4.26. The molecule has 150 valence electrons. The fraction of sp³-hybridized carbons (Fsp3) is 0.0526. The highest BCUT2D eigenvalue weighted by Gasteiger charge is 2.18. The Morgan fingerprint density at radius 3 is 2.41 bits per heavy atom. The van der Waals surface area contributed by atoms with E-state index >= 15 is 0 Å². The van der Waals surface area contributed by atoms with Gasteiger partial charge in [-0.05, 0) is 54.1 Å². The van der Waals surface area contributed by atoms with Crippen molar-refractivity contribution in [1.29, 1.82) is 0 Å². The first-order valence-corrected chi connectivity index (χ1v) is 10.4. The first-order chi connectivity index (χ1) is 13.8. The molecule has 29 heavy (non-hydrogen) atoms. The zero-order valence-corrected chi connectivity index (χ0v) is 17.0. The van der Waals surface area contributed by atoms with E-state index in [4.69, 9.17) is 23.2 Å². The number of hydrogen-bond donors (Lipinski definition) is 2. The van der Waals surface area contributed by atoms with E-state index in [1.54, 1.807) is 12.1 Å². The third-order valence-corrected chi connectivity index (χ3v) is 5.84. The van der Waals surface area contributed by atoms with E-state index in [9.17, 15) is 17.6 Å². The summed E-state index contributed by atoms with van der Waals surface area (Å²) < 4.78 is 41.6. The Morgan fingerprint density at radius 2 is 1.76 bits per heavy atom. The molecule has 3 rings (SSSR count). The second-order valence-electron chi connectivity index (χ2n) is 5.90. The highest BCUT2D eigenvalue weighted by Crippen LogP contribution is 2.24. The second-order valence-corrected chi connectivity index (χ2v) is 8.51. The fourth-order valence-electron chi connectivity index (χ4n) is 2.39. The molecule has 1 aromatic heterocycles. The Balaban J connectivity index is 1.74. The third kappa shape index (κ3) is 5.30. The molecule has 0 saturated carbocycles. The number of nitrogens with zero attached hydrogens (tertiary/aromatic N) is 1. The average Bonchev–Trinajstić information content (AvgIpc) is 2.68. The second kappa shape index (κ2) is 8.87. The number of nitrogens with one attached hydrogen (secondary N) is 2. The van der Waals surface area contributed by atoms with Crippen molar-refractivity contribution in [3.8, 4) is 0 Å². The van der Waals surface area contributed by atoms with E-state index in [-0.39, 0.29) is 27.7 Å². The maximum absolute atomic E-state index is 14.4. The molecule has 1 heterocycles. The summed E-state index contributed by atoms with van der Waals surface area (Å²) in [4.78, 5) is 15.9. The largest absolute Gasteiger partial charge is 0.319 e. The molecule has 3 aromatic rings. The van der Waals surface area contributed by atoms with Crippen LogP contribution in [0.25, 0.3) is 0 Å². The highest BCUT2D eigenvalue weighted by molar-refractivity contribution is 7.89. The number of pyridine rings is 1. The van der Waals surface area contributed by atoms with Gasteiger partial charge in [0.2, 0.25) is 10.0 Å². The van der Waals surface area contributed by atoms with Gasteiger partial charge in [-0.25, -0.2) is 17.5 Å². The van der Waals surface area contributed by atoms with Crippen LogP contribution in [0.1, 0.15) is 15.9 Å². The molecule has 0 aliphatic rings. The number of hydrogen-bond acceptors (Lipinski definition) is 4. The van der Waals surface area contributed by atoms with Crippen LogP contribution in [0.3, 0.4) is 0 Å². The molecular formula is C19H14Cl2FN3O3S. The molecule has 0 radical (unpaired) electrons. The van der Waals surface area contributed by atoms with Crippen LogP contribution in [-0.4, -0.2) is 19.3 Å². The third-order valence-electron chi connectivity index (χ3n) is 3.89. The van der Waals surface area contributed by atoms with Gasteiger partial charge in [-0.3, -0.25) is 9.78 Å². The van der Waals surface area contributed by atoms with Crippen LogP contribution in [0.5, 0.6) is 0 Å². The lowest BCUT2D eigenvalue weighted by atomic mass is 10.2. The van der Waals surface area contributed by atoms with E-state index in [2.05, 4.69) is 15.0 Å². The van der Waals surface area contributed by atoms with Gasteiger partial charge >= 0.3 is 0 Å².